The highest BCUT2D eigenvalue weighted by molar-refractivity contribution is 5.94. The molecule has 22 heavy (non-hydrogen) atoms. The molecule has 6 nitrogen and oxygen atoms in total. The van der Waals surface area contributed by atoms with Gasteiger partial charge in [-0.3, -0.25) is 9.79 Å². The summed E-state index contributed by atoms with van der Waals surface area (Å²) in [6.07, 6.45) is 0. The molecule has 0 aliphatic rings. The molecule has 1 amide bonds. The molecule has 0 radical (unpaired) electrons. The number of carbonyl (C=O) groups is 1. The van der Waals surface area contributed by atoms with Gasteiger partial charge in [-0.25, -0.2) is 0 Å². The highest BCUT2D eigenvalue weighted by Crippen LogP contribution is 2.06. The maximum atomic E-state index is 11.6. The highest BCUT2D eigenvalue weighted by atomic mass is 16.5. The van der Waals surface area contributed by atoms with E-state index in [1.165, 1.54) is 0 Å². The number of hydrogen-bond donors (Lipinski definition) is 3. The minimum atomic E-state index is -0.267. The molecular weight excluding hydrogens is 280 g/mol. The molecule has 0 aromatic heterocycles. The fourth-order valence-corrected chi connectivity index (χ4v) is 1.74. The van der Waals surface area contributed by atoms with Crippen LogP contribution in [0.5, 0.6) is 0 Å². The molecule has 6 heteroatoms. The van der Waals surface area contributed by atoms with Crippen LogP contribution in [0.3, 0.4) is 0 Å². The lowest BCUT2D eigenvalue weighted by Gasteiger charge is -2.24. The summed E-state index contributed by atoms with van der Waals surface area (Å²) < 4.78 is 5.36. The number of benzene rings is 1. The van der Waals surface area contributed by atoms with Crippen molar-refractivity contribution < 1.29 is 9.53 Å². The van der Waals surface area contributed by atoms with E-state index < -0.39 is 0 Å². The molecule has 0 atom stereocenters. The van der Waals surface area contributed by atoms with E-state index in [-0.39, 0.29) is 11.5 Å². The number of hydrogen-bond acceptors (Lipinski definition) is 3. The van der Waals surface area contributed by atoms with Gasteiger partial charge in [0.15, 0.2) is 5.96 Å². The van der Waals surface area contributed by atoms with Gasteiger partial charge in [-0.05, 0) is 31.5 Å². The third kappa shape index (κ3) is 5.73. The third-order valence-electron chi connectivity index (χ3n) is 3.33. The number of rotatable bonds is 6. The van der Waals surface area contributed by atoms with Gasteiger partial charge in [0, 0.05) is 39.9 Å². The normalized spacial score (nSPS) is 12.0. The maximum Gasteiger partial charge on any atom is 0.251 e. The molecule has 0 spiro atoms. The summed E-state index contributed by atoms with van der Waals surface area (Å²) >= 11 is 0. The summed E-state index contributed by atoms with van der Waals surface area (Å²) in [4.78, 5) is 15.8. The lowest BCUT2D eigenvalue weighted by Crippen LogP contribution is -2.45. The highest BCUT2D eigenvalue weighted by Gasteiger charge is 2.16. The van der Waals surface area contributed by atoms with E-state index in [1.54, 1.807) is 27.3 Å². The quantitative estimate of drug-likeness (QED) is 0.544. The number of aliphatic imine (C=N–C) groups is 1. The molecule has 0 aliphatic carbocycles. The van der Waals surface area contributed by atoms with Crippen LogP contribution in [0.15, 0.2) is 29.3 Å². The third-order valence-corrected chi connectivity index (χ3v) is 3.33. The molecule has 122 valence electrons. The second kappa shape index (κ2) is 8.38. The fourth-order valence-electron chi connectivity index (χ4n) is 1.74. The monoisotopic (exact) mass is 306 g/mol. The van der Waals surface area contributed by atoms with Crippen molar-refractivity contribution in [3.8, 4) is 0 Å². The Balaban J connectivity index is 2.59. The summed E-state index contributed by atoms with van der Waals surface area (Å²) in [7, 11) is 5.02. The summed E-state index contributed by atoms with van der Waals surface area (Å²) in [6.45, 7) is 5.22. The van der Waals surface area contributed by atoms with E-state index in [0.717, 1.165) is 5.56 Å². The minimum absolute atomic E-state index is 0.0915. The van der Waals surface area contributed by atoms with Crippen molar-refractivity contribution >= 4 is 11.9 Å². The van der Waals surface area contributed by atoms with E-state index in [4.69, 9.17) is 4.74 Å². The van der Waals surface area contributed by atoms with Crippen molar-refractivity contribution in [1.82, 2.24) is 16.0 Å². The second-order valence-electron chi connectivity index (χ2n) is 5.52. The molecule has 0 bridgehead atoms. The zero-order chi connectivity index (χ0) is 16.6. The van der Waals surface area contributed by atoms with Crippen molar-refractivity contribution in [2.45, 2.75) is 26.0 Å². The van der Waals surface area contributed by atoms with E-state index in [9.17, 15) is 4.79 Å². The molecule has 1 rings (SSSR count). The summed E-state index contributed by atoms with van der Waals surface area (Å²) in [5.41, 5.74) is 1.39. The average molecular weight is 306 g/mol. The molecule has 1 aromatic rings. The van der Waals surface area contributed by atoms with E-state index in [0.29, 0.717) is 24.6 Å². The fraction of sp³-hybridized carbons (Fsp3) is 0.500. The van der Waals surface area contributed by atoms with Crippen molar-refractivity contribution in [2.24, 2.45) is 4.99 Å². The standard InChI is InChI=1S/C16H26N4O2/c1-16(2,22-5)11-20-15(18-4)19-10-12-7-6-8-13(9-12)14(21)17-3/h6-9H,10-11H2,1-5H3,(H,17,21)(H2,18,19,20). The van der Waals surface area contributed by atoms with Crippen LogP contribution in [0.4, 0.5) is 0 Å². The predicted octanol–water partition coefficient (Wildman–Crippen LogP) is 1.14. The van der Waals surface area contributed by atoms with Crippen LogP contribution < -0.4 is 16.0 Å². The topological polar surface area (TPSA) is 74.8 Å². The van der Waals surface area contributed by atoms with E-state index in [1.807, 2.05) is 32.0 Å². The van der Waals surface area contributed by atoms with Gasteiger partial charge in [-0.2, -0.15) is 0 Å². The Morgan fingerprint density at radius 3 is 2.64 bits per heavy atom. The Hall–Kier alpha value is -2.08. The van der Waals surface area contributed by atoms with Gasteiger partial charge < -0.3 is 20.7 Å². The van der Waals surface area contributed by atoms with Gasteiger partial charge in [0.05, 0.1) is 5.60 Å². The first-order valence-corrected chi connectivity index (χ1v) is 7.22. The zero-order valence-electron chi connectivity index (χ0n) is 14.0. The van der Waals surface area contributed by atoms with E-state index in [2.05, 4.69) is 20.9 Å². The second-order valence-corrected chi connectivity index (χ2v) is 5.52. The van der Waals surface area contributed by atoms with Crippen LogP contribution >= 0.6 is 0 Å². The van der Waals surface area contributed by atoms with Gasteiger partial charge in [-0.15, -0.1) is 0 Å². The van der Waals surface area contributed by atoms with Crippen LogP contribution in [0.2, 0.25) is 0 Å². The van der Waals surface area contributed by atoms with Crippen molar-refractivity contribution in [2.75, 3.05) is 27.7 Å². The molecule has 0 saturated carbocycles. The van der Waals surface area contributed by atoms with E-state index >= 15 is 0 Å². The Bertz CT molecular complexity index is 527. The van der Waals surface area contributed by atoms with Gasteiger partial charge in [0.1, 0.15) is 0 Å². The lowest BCUT2D eigenvalue weighted by molar-refractivity contribution is 0.0268. The van der Waals surface area contributed by atoms with Crippen molar-refractivity contribution in [3.63, 3.8) is 0 Å². The van der Waals surface area contributed by atoms with Crippen LogP contribution in [0, 0.1) is 0 Å². The number of guanidine groups is 1. The maximum absolute atomic E-state index is 11.6. The Morgan fingerprint density at radius 2 is 2.05 bits per heavy atom. The Kier molecular flexibility index (Phi) is 6.85. The molecule has 0 aliphatic heterocycles. The van der Waals surface area contributed by atoms with Gasteiger partial charge in [-0.1, -0.05) is 12.1 Å². The Morgan fingerprint density at radius 1 is 1.32 bits per heavy atom. The van der Waals surface area contributed by atoms with Crippen LogP contribution in [-0.4, -0.2) is 45.2 Å². The van der Waals surface area contributed by atoms with Gasteiger partial charge in [0.25, 0.3) is 5.91 Å². The first kappa shape index (κ1) is 18.0. The molecule has 0 unspecified atom stereocenters. The number of amides is 1. The number of nitrogens with one attached hydrogen (secondary N) is 3. The summed E-state index contributed by atoms with van der Waals surface area (Å²) in [5.74, 6) is 0.599. The first-order valence-electron chi connectivity index (χ1n) is 7.22. The Labute approximate surface area is 132 Å². The summed E-state index contributed by atoms with van der Waals surface area (Å²) in [5, 5.41) is 9.05. The molecule has 0 fully saturated rings. The molecule has 1 aromatic carbocycles. The SMILES string of the molecule is CN=C(NCc1cccc(C(=O)NC)c1)NCC(C)(C)OC. The smallest absolute Gasteiger partial charge is 0.251 e. The number of ether oxygens (including phenoxy) is 1. The van der Waals surface area contributed by atoms with Crippen LogP contribution in [0.1, 0.15) is 29.8 Å². The zero-order valence-corrected chi connectivity index (χ0v) is 14.0. The minimum Gasteiger partial charge on any atom is -0.377 e. The average Bonchev–Trinajstić information content (AvgIpc) is 2.54. The molecule has 3 N–H and O–H groups in total. The summed E-state index contributed by atoms with van der Waals surface area (Å²) in [6, 6.07) is 7.48. The largest absolute Gasteiger partial charge is 0.377 e. The van der Waals surface area contributed by atoms with Crippen molar-refractivity contribution in [1.29, 1.82) is 0 Å². The lowest BCUT2D eigenvalue weighted by atomic mass is 10.1. The van der Waals surface area contributed by atoms with Crippen molar-refractivity contribution in [3.05, 3.63) is 35.4 Å². The molecule has 0 heterocycles. The number of carbonyl (C=O) groups excluding carboxylic acids is 1. The van der Waals surface area contributed by atoms with Gasteiger partial charge >= 0.3 is 0 Å². The molecule has 0 saturated heterocycles. The predicted molar refractivity (Wildman–Crippen MR) is 89.1 cm³/mol. The number of methoxy groups -OCH3 is 1. The van der Waals surface area contributed by atoms with Gasteiger partial charge in [0.2, 0.25) is 0 Å². The van der Waals surface area contributed by atoms with Crippen LogP contribution in [-0.2, 0) is 11.3 Å². The molecular formula is C16H26N4O2. The first-order chi connectivity index (χ1) is 10.4. The number of nitrogens with zero attached hydrogens (tertiary/aromatic N) is 1. The van der Waals surface area contributed by atoms with Crippen LogP contribution in [0.25, 0.3) is 0 Å².